The molecule has 0 saturated carbocycles. The molecular weight excluding hydrogens is 333 g/mol. The average molecular weight is 352 g/mol. The Morgan fingerprint density at radius 2 is 1.86 bits per heavy atom. The molecular formula is C17H19BrFNO. The minimum absolute atomic E-state index is 0.230. The standard InChI is InChI=1S/C17H19BrFNO/c1-10-3-4-12(7-11(10)2)15(9-20)17(21)14-6-5-13(19)8-16(14)18/h3-8,15,17,21H,9,20H2,1-2H3. The topological polar surface area (TPSA) is 46.2 Å². The van der Waals surface area contributed by atoms with Gasteiger partial charge in [0.15, 0.2) is 0 Å². The van der Waals surface area contributed by atoms with Crippen molar-refractivity contribution in [2.45, 2.75) is 25.9 Å². The Balaban J connectivity index is 2.37. The van der Waals surface area contributed by atoms with Gasteiger partial charge in [-0.25, -0.2) is 4.39 Å². The van der Waals surface area contributed by atoms with Gasteiger partial charge in [0.1, 0.15) is 5.82 Å². The van der Waals surface area contributed by atoms with E-state index in [1.54, 1.807) is 6.07 Å². The predicted molar refractivity (Wildman–Crippen MR) is 86.8 cm³/mol. The van der Waals surface area contributed by atoms with Crippen molar-refractivity contribution in [3.8, 4) is 0 Å². The summed E-state index contributed by atoms with van der Waals surface area (Å²) >= 11 is 3.30. The summed E-state index contributed by atoms with van der Waals surface area (Å²) in [6.07, 6.45) is -0.785. The first-order valence-electron chi connectivity index (χ1n) is 6.84. The van der Waals surface area contributed by atoms with Crippen LogP contribution in [0.4, 0.5) is 4.39 Å². The molecule has 0 amide bonds. The summed E-state index contributed by atoms with van der Waals surface area (Å²) in [5, 5.41) is 10.6. The Hall–Kier alpha value is -1.23. The van der Waals surface area contributed by atoms with Crippen molar-refractivity contribution >= 4 is 15.9 Å². The lowest BCUT2D eigenvalue weighted by Crippen LogP contribution is -2.20. The van der Waals surface area contributed by atoms with Crippen LogP contribution in [0.15, 0.2) is 40.9 Å². The van der Waals surface area contributed by atoms with E-state index in [9.17, 15) is 9.50 Å². The second-order valence-electron chi connectivity index (χ2n) is 5.30. The molecule has 0 aliphatic heterocycles. The third-order valence-corrected chi connectivity index (χ3v) is 4.56. The van der Waals surface area contributed by atoms with Gasteiger partial charge in [0.2, 0.25) is 0 Å². The van der Waals surface area contributed by atoms with E-state index in [0.717, 1.165) is 11.1 Å². The number of nitrogens with two attached hydrogens (primary N) is 1. The molecule has 21 heavy (non-hydrogen) atoms. The molecule has 2 aromatic rings. The lowest BCUT2D eigenvalue weighted by Gasteiger charge is -2.24. The number of benzene rings is 2. The molecule has 2 rings (SSSR count). The quantitative estimate of drug-likeness (QED) is 0.874. The normalized spacial score (nSPS) is 14.0. The van der Waals surface area contributed by atoms with Crippen LogP contribution in [-0.2, 0) is 0 Å². The van der Waals surface area contributed by atoms with E-state index in [4.69, 9.17) is 5.73 Å². The zero-order chi connectivity index (χ0) is 15.6. The third kappa shape index (κ3) is 3.51. The number of aliphatic hydroxyl groups excluding tert-OH is 1. The summed E-state index contributed by atoms with van der Waals surface area (Å²) in [6.45, 7) is 4.39. The molecule has 0 bridgehead atoms. The fourth-order valence-corrected chi connectivity index (χ4v) is 2.99. The van der Waals surface area contributed by atoms with Crippen molar-refractivity contribution in [3.63, 3.8) is 0 Å². The molecule has 0 radical (unpaired) electrons. The van der Waals surface area contributed by atoms with Crippen molar-refractivity contribution in [2.75, 3.05) is 6.54 Å². The van der Waals surface area contributed by atoms with E-state index in [0.29, 0.717) is 16.6 Å². The number of aliphatic hydroxyl groups is 1. The van der Waals surface area contributed by atoms with Crippen LogP contribution in [0.2, 0.25) is 0 Å². The van der Waals surface area contributed by atoms with Crippen molar-refractivity contribution in [1.29, 1.82) is 0 Å². The fourth-order valence-electron chi connectivity index (χ4n) is 2.40. The number of hydrogen-bond donors (Lipinski definition) is 2. The highest BCUT2D eigenvalue weighted by molar-refractivity contribution is 9.10. The molecule has 0 heterocycles. The summed E-state index contributed by atoms with van der Waals surface area (Å²) in [6, 6.07) is 10.4. The molecule has 3 N–H and O–H groups in total. The maximum Gasteiger partial charge on any atom is 0.124 e. The first kappa shape index (κ1) is 16.1. The van der Waals surface area contributed by atoms with Crippen LogP contribution in [0.25, 0.3) is 0 Å². The average Bonchev–Trinajstić information content (AvgIpc) is 2.43. The highest BCUT2D eigenvalue weighted by Crippen LogP contribution is 2.35. The number of halogens is 2. The maximum absolute atomic E-state index is 13.2. The van der Waals surface area contributed by atoms with Gasteiger partial charge in [-0.05, 0) is 48.2 Å². The van der Waals surface area contributed by atoms with Gasteiger partial charge in [0.05, 0.1) is 6.10 Å². The van der Waals surface area contributed by atoms with E-state index < -0.39 is 6.10 Å². The fraction of sp³-hybridized carbons (Fsp3) is 0.294. The van der Waals surface area contributed by atoms with Crippen LogP contribution < -0.4 is 5.73 Å². The van der Waals surface area contributed by atoms with E-state index in [1.165, 1.54) is 17.7 Å². The predicted octanol–water partition coefficient (Wildman–Crippen LogP) is 3.98. The van der Waals surface area contributed by atoms with E-state index in [-0.39, 0.29) is 11.7 Å². The van der Waals surface area contributed by atoms with Crippen LogP contribution in [0, 0.1) is 19.7 Å². The van der Waals surface area contributed by atoms with Gasteiger partial charge in [0.25, 0.3) is 0 Å². The van der Waals surface area contributed by atoms with Crippen LogP contribution in [0.5, 0.6) is 0 Å². The maximum atomic E-state index is 13.2. The Morgan fingerprint density at radius 1 is 1.14 bits per heavy atom. The van der Waals surface area contributed by atoms with Crippen LogP contribution in [-0.4, -0.2) is 11.7 Å². The second-order valence-corrected chi connectivity index (χ2v) is 6.15. The molecule has 2 nitrogen and oxygen atoms in total. The van der Waals surface area contributed by atoms with E-state index >= 15 is 0 Å². The summed E-state index contributed by atoms with van der Waals surface area (Å²) in [5.41, 5.74) is 9.86. The van der Waals surface area contributed by atoms with Crippen molar-refractivity contribution in [3.05, 3.63) is 68.9 Å². The minimum Gasteiger partial charge on any atom is -0.388 e. The van der Waals surface area contributed by atoms with Crippen molar-refractivity contribution in [1.82, 2.24) is 0 Å². The van der Waals surface area contributed by atoms with Gasteiger partial charge in [-0.15, -0.1) is 0 Å². The largest absolute Gasteiger partial charge is 0.388 e. The molecule has 112 valence electrons. The zero-order valence-corrected chi connectivity index (χ0v) is 13.7. The molecule has 0 aliphatic rings. The SMILES string of the molecule is Cc1ccc(C(CN)C(O)c2ccc(F)cc2Br)cc1C. The molecule has 0 fully saturated rings. The molecule has 2 atom stereocenters. The summed E-state index contributed by atoms with van der Waals surface area (Å²) < 4.78 is 13.7. The van der Waals surface area contributed by atoms with Gasteiger partial charge in [0, 0.05) is 16.9 Å². The summed E-state index contributed by atoms with van der Waals surface area (Å²) in [5.74, 6) is -0.570. The Labute approximate surface area is 132 Å². The highest BCUT2D eigenvalue weighted by Gasteiger charge is 2.23. The monoisotopic (exact) mass is 351 g/mol. The van der Waals surface area contributed by atoms with Crippen molar-refractivity contribution in [2.24, 2.45) is 5.73 Å². The van der Waals surface area contributed by atoms with Crippen LogP contribution >= 0.6 is 15.9 Å². The smallest absolute Gasteiger partial charge is 0.124 e. The first-order valence-corrected chi connectivity index (χ1v) is 7.63. The molecule has 0 spiro atoms. The molecule has 0 aromatic heterocycles. The lowest BCUT2D eigenvalue weighted by molar-refractivity contribution is 0.146. The van der Waals surface area contributed by atoms with Gasteiger partial charge in [-0.1, -0.05) is 40.2 Å². The van der Waals surface area contributed by atoms with E-state index in [1.807, 2.05) is 32.0 Å². The third-order valence-electron chi connectivity index (χ3n) is 3.88. The van der Waals surface area contributed by atoms with Gasteiger partial charge in [-0.2, -0.15) is 0 Å². The zero-order valence-electron chi connectivity index (χ0n) is 12.1. The second kappa shape index (κ2) is 6.69. The molecule has 2 unspecified atom stereocenters. The van der Waals surface area contributed by atoms with Gasteiger partial charge in [-0.3, -0.25) is 0 Å². The molecule has 4 heteroatoms. The highest BCUT2D eigenvalue weighted by atomic mass is 79.9. The van der Waals surface area contributed by atoms with Crippen molar-refractivity contribution < 1.29 is 9.50 Å². The Kier molecular flexibility index (Phi) is 5.14. The van der Waals surface area contributed by atoms with Crippen LogP contribution in [0.3, 0.4) is 0 Å². The Morgan fingerprint density at radius 3 is 2.43 bits per heavy atom. The molecule has 0 saturated heterocycles. The lowest BCUT2D eigenvalue weighted by atomic mass is 9.88. The van der Waals surface area contributed by atoms with Crippen LogP contribution in [0.1, 0.15) is 34.3 Å². The summed E-state index contributed by atoms with van der Waals surface area (Å²) in [7, 11) is 0. The minimum atomic E-state index is -0.785. The number of hydrogen-bond acceptors (Lipinski definition) is 2. The van der Waals surface area contributed by atoms with Gasteiger partial charge < -0.3 is 10.8 Å². The van der Waals surface area contributed by atoms with Gasteiger partial charge >= 0.3 is 0 Å². The summed E-state index contributed by atoms with van der Waals surface area (Å²) in [4.78, 5) is 0. The molecule has 0 aliphatic carbocycles. The number of aryl methyl sites for hydroxylation is 2. The van der Waals surface area contributed by atoms with E-state index in [2.05, 4.69) is 15.9 Å². The number of rotatable bonds is 4. The Bertz CT molecular complexity index is 645. The molecule has 2 aromatic carbocycles. The first-order chi connectivity index (χ1) is 9.93.